The molecule has 1 atom stereocenters. The molecule has 40 heavy (non-hydrogen) atoms. The Balaban J connectivity index is 1.59. The number of morpholine rings is 1. The third-order valence-corrected chi connectivity index (χ3v) is 8.26. The van der Waals surface area contributed by atoms with Crippen LogP contribution in [0.25, 0.3) is 22.2 Å². The lowest BCUT2D eigenvalue weighted by Crippen LogP contribution is -2.50. The number of amides is 2. The molecular weight excluding hydrogens is 513 g/mol. The molecule has 2 aromatic carbocycles. The number of hydrogen-bond donors (Lipinski definition) is 1. The van der Waals surface area contributed by atoms with Gasteiger partial charge in [-0.25, -0.2) is 9.18 Å². The average Bonchev–Trinajstić information content (AvgIpc) is 3.26. The highest BCUT2D eigenvalue weighted by Crippen LogP contribution is 2.44. The van der Waals surface area contributed by atoms with Gasteiger partial charge >= 0.3 is 5.97 Å². The van der Waals surface area contributed by atoms with Crippen LogP contribution in [-0.2, 0) is 20.9 Å². The number of carboxylic acid groups (broad SMARTS) is 1. The molecule has 0 spiro atoms. The molecule has 9 heteroatoms. The van der Waals surface area contributed by atoms with E-state index in [1.165, 1.54) is 25.5 Å². The van der Waals surface area contributed by atoms with Gasteiger partial charge in [-0.1, -0.05) is 37.5 Å². The molecule has 1 N–H and O–H groups in total. The first-order chi connectivity index (χ1) is 19.2. The molecule has 0 bridgehead atoms. The molecule has 0 radical (unpaired) electrons. The third-order valence-electron chi connectivity index (χ3n) is 8.26. The summed E-state index contributed by atoms with van der Waals surface area (Å²) in [5, 5.41) is 10.7. The maximum Gasteiger partial charge on any atom is 0.335 e. The summed E-state index contributed by atoms with van der Waals surface area (Å²) in [7, 11) is 1.70. The number of aromatic carboxylic acids is 1. The van der Waals surface area contributed by atoms with Gasteiger partial charge in [-0.15, -0.1) is 0 Å². The van der Waals surface area contributed by atoms with E-state index in [-0.39, 0.29) is 41.8 Å². The van der Waals surface area contributed by atoms with Crippen LogP contribution in [0.5, 0.6) is 0 Å². The van der Waals surface area contributed by atoms with Crippen molar-refractivity contribution in [2.45, 2.75) is 57.6 Å². The molecule has 1 aliphatic heterocycles. The molecule has 3 aromatic rings. The van der Waals surface area contributed by atoms with E-state index in [0.29, 0.717) is 37.3 Å². The average molecular weight is 550 g/mol. The zero-order chi connectivity index (χ0) is 28.4. The Kier molecular flexibility index (Phi) is 8.21. The number of aromatic nitrogens is 1. The topological polar surface area (TPSA) is 92.1 Å². The minimum absolute atomic E-state index is 0.0204. The van der Waals surface area contributed by atoms with Crippen molar-refractivity contribution in [3.8, 4) is 11.3 Å². The van der Waals surface area contributed by atoms with Crippen LogP contribution in [0.3, 0.4) is 0 Å². The summed E-state index contributed by atoms with van der Waals surface area (Å²) in [6.45, 7) is 2.99. The van der Waals surface area contributed by atoms with Gasteiger partial charge < -0.3 is 24.2 Å². The van der Waals surface area contributed by atoms with Crippen molar-refractivity contribution < 1.29 is 28.6 Å². The summed E-state index contributed by atoms with van der Waals surface area (Å²) in [4.78, 5) is 40.8. The van der Waals surface area contributed by atoms with Crippen LogP contribution in [0.1, 0.15) is 60.9 Å². The lowest BCUT2D eigenvalue weighted by molar-refractivity contribution is -0.141. The second kappa shape index (κ2) is 11.8. The highest BCUT2D eigenvalue weighted by molar-refractivity contribution is 5.99. The van der Waals surface area contributed by atoms with Gasteiger partial charge in [0.1, 0.15) is 12.4 Å². The molecule has 2 heterocycles. The van der Waals surface area contributed by atoms with Crippen molar-refractivity contribution in [3.05, 3.63) is 59.4 Å². The molecule has 2 amide bonds. The van der Waals surface area contributed by atoms with Crippen molar-refractivity contribution in [2.24, 2.45) is 0 Å². The number of fused-ring (bicyclic) bond motifs is 1. The van der Waals surface area contributed by atoms with Gasteiger partial charge in [0.15, 0.2) is 0 Å². The molecule has 2 fully saturated rings. The van der Waals surface area contributed by atoms with Crippen LogP contribution < -0.4 is 0 Å². The minimum Gasteiger partial charge on any atom is -0.478 e. The van der Waals surface area contributed by atoms with E-state index >= 15 is 0 Å². The van der Waals surface area contributed by atoms with Crippen molar-refractivity contribution in [3.63, 3.8) is 0 Å². The molecule has 1 aromatic heterocycles. The van der Waals surface area contributed by atoms with E-state index < -0.39 is 5.97 Å². The summed E-state index contributed by atoms with van der Waals surface area (Å²) < 4.78 is 22.3. The largest absolute Gasteiger partial charge is 0.478 e. The highest BCUT2D eigenvalue weighted by Gasteiger charge is 2.30. The first-order valence-electron chi connectivity index (χ1n) is 14.0. The quantitative estimate of drug-likeness (QED) is 0.453. The second-order valence-electron chi connectivity index (χ2n) is 11.0. The Bertz CT molecular complexity index is 1430. The van der Waals surface area contributed by atoms with E-state index in [9.17, 15) is 23.9 Å². The van der Waals surface area contributed by atoms with Gasteiger partial charge in [-0.3, -0.25) is 9.59 Å². The summed E-state index contributed by atoms with van der Waals surface area (Å²) in [6, 6.07) is 11.5. The number of hydrogen-bond acceptors (Lipinski definition) is 4. The first-order valence-corrected chi connectivity index (χ1v) is 14.0. The van der Waals surface area contributed by atoms with Gasteiger partial charge in [0.25, 0.3) is 0 Å². The van der Waals surface area contributed by atoms with Crippen LogP contribution in [0.15, 0.2) is 42.5 Å². The number of carboxylic acids is 1. The Morgan fingerprint density at radius 1 is 1.10 bits per heavy atom. The number of rotatable bonds is 7. The van der Waals surface area contributed by atoms with Crippen LogP contribution in [0, 0.1) is 5.82 Å². The molecule has 8 nitrogen and oxygen atoms in total. The Labute approximate surface area is 233 Å². The van der Waals surface area contributed by atoms with Crippen LogP contribution >= 0.6 is 0 Å². The number of carbonyl (C=O) groups excluding carboxylic acids is 2. The summed E-state index contributed by atoms with van der Waals surface area (Å²) in [6.07, 6.45) is 5.04. The van der Waals surface area contributed by atoms with E-state index in [0.717, 1.165) is 42.3 Å². The zero-order valence-electron chi connectivity index (χ0n) is 23.1. The fraction of sp³-hybridized carbons (Fsp3) is 0.452. The van der Waals surface area contributed by atoms with Crippen molar-refractivity contribution in [1.29, 1.82) is 0 Å². The molecule has 2 aliphatic rings. The lowest BCUT2D eigenvalue weighted by Gasteiger charge is -2.35. The molecule has 1 unspecified atom stereocenters. The van der Waals surface area contributed by atoms with Crippen LogP contribution in [-0.4, -0.2) is 76.6 Å². The number of benzene rings is 2. The van der Waals surface area contributed by atoms with Gasteiger partial charge in [0, 0.05) is 44.6 Å². The smallest absolute Gasteiger partial charge is 0.335 e. The highest BCUT2D eigenvalue weighted by atomic mass is 19.1. The van der Waals surface area contributed by atoms with E-state index in [2.05, 4.69) is 0 Å². The summed E-state index contributed by atoms with van der Waals surface area (Å²) in [5.41, 5.74) is 3.31. The number of halogens is 1. The Morgan fingerprint density at radius 3 is 2.58 bits per heavy atom. The number of carbonyl (C=O) groups is 3. The lowest BCUT2D eigenvalue weighted by atomic mass is 9.81. The number of nitrogens with zero attached hydrogens (tertiary/aromatic N) is 3. The predicted molar refractivity (Wildman–Crippen MR) is 150 cm³/mol. The fourth-order valence-electron chi connectivity index (χ4n) is 6.15. The monoisotopic (exact) mass is 549 g/mol. The maximum absolute atomic E-state index is 14.5. The normalized spacial score (nSPS) is 18.2. The molecular formula is C31H36FN3O5. The summed E-state index contributed by atoms with van der Waals surface area (Å²) >= 11 is 0. The maximum atomic E-state index is 14.5. The second-order valence-corrected chi connectivity index (χ2v) is 11.0. The standard InChI is InChI=1S/C31H36FN3O5/c1-20(36)33(2)17-25-18-34(13-14-40-25)28(37)19-35-27-16-23(31(38)39)11-12-26(27)29(21-7-4-3-5-8-21)30(35)22-9-6-10-24(32)15-22/h6,9-12,15-16,21,25H,3-5,7-8,13-14,17-19H2,1-2H3,(H,38,39). The van der Waals surface area contributed by atoms with Gasteiger partial charge in [0.05, 0.1) is 29.5 Å². The zero-order valence-corrected chi connectivity index (χ0v) is 23.1. The predicted octanol–water partition coefficient (Wildman–Crippen LogP) is 4.90. The van der Waals surface area contributed by atoms with E-state index in [4.69, 9.17) is 4.74 Å². The van der Waals surface area contributed by atoms with Crippen molar-refractivity contribution in [2.75, 3.05) is 33.3 Å². The van der Waals surface area contributed by atoms with Crippen molar-refractivity contribution in [1.82, 2.24) is 14.4 Å². The van der Waals surface area contributed by atoms with Crippen molar-refractivity contribution >= 4 is 28.7 Å². The molecule has 1 saturated heterocycles. The number of ether oxygens (including phenoxy) is 1. The molecule has 5 rings (SSSR count). The fourth-order valence-corrected chi connectivity index (χ4v) is 6.15. The van der Waals surface area contributed by atoms with Gasteiger partial charge in [0.2, 0.25) is 11.8 Å². The Hall–Kier alpha value is -3.72. The van der Waals surface area contributed by atoms with E-state index in [1.54, 1.807) is 35.0 Å². The van der Waals surface area contributed by atoms with Crippen LogP contribution in [0.4, 0.5) is 4.39 Å². The molecule has 1 saturated carbocycles. The Morgan fingerprint density at radius 2 is 1.88 bits per heavy atom. The molecule has 212 valence electrons. The van der Waals surface area contributed by atoms with Gasteiger partial charge in [-0.2, -0.15) is 0 Å². The first kappa shape index (κ1) is 27.8. The number of likely N-dealkylation sites (N-methyl/N-ethyl adjacent to an activating group) is 1. The molecule has 1 aliphatic carbocycles. The van der Waals surface area contributed by atoms with E-state index in [1.807, 2.05) is 16.7 Å². The minimum atomic E-state index is -1.04. The van der Waals surface area contributed by atoms with Crippen LogP contribution in [0.2, 0.25) is 0 Å². The summed E-state index contributed by atoms with van der Waals surface area (Å²) in [5.74, 6) is -1.39. The third kappa shape index (κ3) is 5.75. The SMILES string of the molecule is CC(=O)N(C)CC1CN(C(=O)Cn2c(-c3cccc(F)c3)c(C3CCCCC3)c3ccc(C(=O)O)cc32)CCO1. The van der Waals surface area contributed by atoms with Gasteiger partial charge in [-0.05, 0) is 48.6 Å².